The van der Waals surface area contributed by atoms with Crippen LogP contribution in [0.4, 0.5) is 0 Å². The van der Waals surface area contributed by atoms with Crippen LogP contribution in [0.3, 0.4) is 0 Å². The number of carbonyl (C=O) groups is 1. The van der Waals surface area contributed by atoms with Crippen molar-refractivity contribution in [2.75, 3.05) is 6.61 Å². The minimum absolute atomic E-state index is 0.0755. The van der Waals surface area contributed by atoms with Gasteiger partial charge < -0.3 is 4.74 Å². The van der Waals surface area contributed by atoms with Crippen molar-refractivity contribution in [2.24, 2.45) is 0 Å². The SMILES string of the molecule is C/C(OCC(=O)c1ccccc1)=C(\C#N)c1ccccc1. The maximum Gasteiger partial charge on any atom is 0.200 e. The number of nitrogens with zero attached hydrogens (tertiary/aromatic N) is 1. The van der Waals surface area contributed by atoms with Crippen LogP contribution in [-0.4, -0.2) is 12.4 Å². The van der Waals surface area contributed by atoms with Crippen molar-refractivity contribution in [2.45, 2.75) is 6.92 Å². The first kappa shape index (κ1) is 14.5. The van der Waals surface area contributed by atoms with E-state index in [0.29, 0.717) is 16.9 Å². The molecule has 104 valence electrons. The van der Waals surface area contributed by atoms with Crippen LogP contribution in [0.25, 0.3) is 5.57 Å². The van der Waals surface area contributed by atoms with Crippen LogP contribution in [-0.2, 0) is 4.74 Å². The molecule has 3 heteroatoms. The van der Waals surface area contributed by atoms with E-state index in [2.05, 4.69) is 6.07 Å². The molecule has 0 N–H and O–H groups in total. The number of nitriles is 1. The number of hydrogen-bond donors (Lipinski definition) is 0. The Morgan fingerprint density at radius 3 is 2.05 bits per heavy atom. The minimum Gasteiger partial charge on any atom is -0.489 e. The maximum absolute atomic E-state index is 12.0. The lowest BCUT2D eigenvalue weighted by molar-refractivity contribution is 0.0865. The molecule has 2 aromatic rings. The molecule has 0 heterocycles. The van der Waals surface area contributed by atoms with E-state index in [1.807, 2.05) is 36.4 Å². The summed E-state index contributed by atoms with van der Waals surface area (Å²) in [5, 5.41) is 9.26. The first-order valence-corrected chi connectivity index (χ1v) is 6.60. The zero-order valence-electron chi connectivity index (χ0n) is 11.7. The molecule has 0 fully saturated rings. The summed E-state index contributed by atoms with van der Waals surface area (Å²) in [5.74, 6) is 0.341. The summed E-state index contributed by atoms with van der Waals surface area (Å²) in [5.41, 5.74) is 1.82. The van der Waals surface area contributed by atoms with E-state index in [-0.39, 0.29) is 12.4 Å². The van der Waals surface area contributed by atoms with Crippen molar-refractivity contribution >= 4 is 11.4 Å². The first-order chi connectivity index (χ1) is 10.2. The van der Waals surface area contributed by atoms with E-state index >= 15 is 0 Å². The predicted molar refractivity (Wildman–Crippen MR) is 81.4 cm³/mol. The van der Waals surface area contributed by atoms with E-state index in [1.54, 1.807) is 31.2 Å². The van der Waals surface area contributed by atoms with Gasteiger partial charge in [-0.2, -0.15) is 5.26 Å². The molecule has 0 saturated heterocycles. The number of ether oxygens (including phenoxy) is 1. The molecule has 0 saturated carbocycles. The van der Waals surface area contributed by atoms with Gasteiger partial charge in [0.25, 0.3) is 0 Å². The van der Waals surface area contributed by atoms with Crippen LogP contribution in [0, 0.1) is 11.3 Å². The maximum atomic E-state index is 12.0. The van der Waals surface area contributed by atoms with Crippen molar-refractivity contribution in [3.05, 3.63) is 77.5 Å². The summed E-state index contributed by atoms with van der Waals surface area (Å²) in [6.45, 7) is 1.62. The van der Waals surface area contributed by atoms with Gasteiger partial charge in [-0.3, -0.25) is 4.79 Å². The van der Waals surface area contributed by atoms with Gasteiger partial charge in [0, 0.05) is 5.56 Å². The second-order valence-electron chi connectivity index (χ2n) is 4.49. The standard InChI is InChI=1S/C18H15NO2/c1-14(17(12-19)15-8-4-2-5-9-15)21-13-18(20)16-10-6-3-7-11-16/h2-11H,13H2,1H3/b17-14-. The van der Waals surface area contributed by atoms with Crippen LogP contribution in [0.2, 0.25) is 0 Å². The Labute approximate surface area is 124 Å². The summed E-state index contributed by atoms with van der Waals surface area (Å²) in [4.78, 5) is 12.0. The lowest BCUT2D eigenvalue weighted by atomic mass is 10.1. The zero-order chi connectivity index (χ0) is 15.1. The Bertz CT molecular complexity index is 682. The molecule has 0 aliphatic rings. The van der Waals surface area contributed by atoms with Gasteiger partial charge in [0.2, 0.25) is 0 Å². The van der Waals surface area contributed by atoms with E-state index in [4.69, 9.17) is 4.74 Å². The van der Waals surface area contributed by atoms with E-state index < -0.39 is 0 Å². The van der Waals surface area contributed by atoms with E-state index in [0.717, 1.165) is 5.56 Å². The lowest BCUT2D eigenvalue weighted by Gasteiger charge is -2.08. The average molecular weight is 277 g/mol. The lowest BCUT2D eigenvalue weighted by Crippen LogP contribution is -2.08. The van der Waals surface area contributed by atoms with Gasteiger partial charge in [-0.25, -0.2) is 0 Å². The number of rotatable bonds is 5. The fraction of sp³-hybridized carbons (Fsp3) is 0.111. The third-order valence-corrected chi connectivity index (χ3v) is 3.04. The van der Waals surface area contributed by atoms with Crippen molar-refractivity contribution in [3.8, 4) is 6.07 Å². The number of benzene rings is 2. The molecule has 0 bridgehead atoms. The molecule has 0 amide bonds. The molecule has 2 rings (SSSR count). The second-order valence-corrected chi connectivity index (χ2v) is 4.49. The summed E-state index contributed by atoms with van der Waals surface area (Å²) >= 11 is 0. The molecule has 0 aliphatic carbocycles. The third kappa shape index (κ3) is 3.80. The molecule has 0 aliphatic heterocycles. The van der Waals surface area contributed by atoms with Gasteiger partial charge in [0.15, 0.2) is 12.4 Å². The Morgan fingerprint density at radius 1 is 1.00 bits per heavy atom. The smallest absolute Gasteiger partial charge is 0.200 e. The van der Waals surface area contributed by atoms with Crippen molar-refractivity contribution in [1.29, 1.82) is 5.26 Å². The highest BCUT2D eigenvalue weighted by molar-refractivity contribution is 5.97. The van der Waals surface area contributed by atoms with Crippen LogP contribution < -0.4 is 0 Å². The number of carbonyl (C=O) groups excluding carboxylic acids is 1. The largest absolute Gasteiger partial charge is 0.489 e. The average Bonchev–Trinajstić information content (AvgIpc) is 2.55. The Morgan fingerprint density at radius 2 is 1.52 bits per heavy atom. The Kier molecular flexibility index (Phi) is 4.89. The molecule has 0 spiro atoms. The van der Waals surface area contributed by atoms with Crippen LogP contribution in [0.5, 0.6) is 0 Å². The fourth-order valence-electron chi connectivity index (χ4n) is 1.90. The molecular formula is C18H15NO2. The summed E-state index contributed by atoms with van der Waals surface area (Å²) in [6, 6.07) is 20.3. The number of hydrogen-bond acceptors (Lipinski definition) is 3. The van der Waals surface area contributed by atoms with Crippen molar-refractivity contribution in [3.63, 3.8) is 0 Å². The highest BCUT2D eigenvalue weighted by Gasteiger charge is 2.10. The Hall–Kier alpha value is -2.86. The number of allylic oxidation sites excluding steroid dienone is 2. The van der Waals surface area contributed by atoms with Gasteiger partial charge in [0.05, 0.1) is 5.57 Å². The molecule has 0 atom stereocenters. The van der Waals surface area contributed by atoms with Gasteiger partial charge in [0.1, 0.15) is 11.8 Å². The van der Waals surface area contributed by atoms with Crippen LogP contribution in [0.1, 0.15) is 22.8 Å². The van der Waals surface area contributed by atoms with Crippen molar-refractivity contribution < 1.29 is 9.53 Å². The highest BCUT2D eigenvalue weighted by Crippen LogP contribution is 2.18. The Balaban J connectivity index is 2.10. The normalized spacial score (nSPS) is 11.2. The first-order valence-electron chi connectivity index (χ1n) is 6.60. The van der Waals surface area contributed by atoms with Crippen LogP contribution in [0.15, 0.2) is 66.4 Å². The molecule has 0 aromatic heterocycles. The van der Waals surface area contributed by atoms with Gasteiger partial charge in [-0.1, -0.05) is 60.7 Å². The fourth-order valence-corrected chi connectivity index (χ4v) is 1.90. The monoisotopic (exact) mass is 277 g/mol. The third-order valence-electron chi connectivity index (χ3n) is 3.04. The van der Waals surface area contributed by atoms with Gasteiger partial charge >= 0.3 is 0 Å². The topological polar surface area (TPSA) is 50.1 Å². The minimum atomic E-state index is -0.111. The zero-order valence-corrected chi connectivity index (χ0v) is 11.7. The summed E-state index contributed by atoms with van der Waals surface area (Å²) < 4.78 is 5.47. The quantitative estimate of drug-likeness (QED) is 0.474. The molecular weight excluding hydrogens is 262 g/mol. The highest BCUT2D eigenvalue weighted by atomic mass is 16.5. The van der Waals surface area contributed by atoms with E-state index in [9.17, 15) is 10.1 Å². The molecule has 3 nitrogen and oxygen atoms in total. The second kappa shape index (κ2) is 7.06. The molecule has 0 radical (unpaired) electrons. The van der Waals surface area contributed by atoms with Gasteiger partial charge in [-0.05, 0) is 12.5 Å². The van der Waals surface area contributed by atoms with Crippen LogP contribution >= 0.6 is 0 Å². The van der Waals surface area contributed by atoms with Crippen molar-refractivity contribution in [1.82, 2.24) is 0 Å². The molecule has 0 unspecified atom stereocenters. The van der Waals surface area contributed by atoms with E-state index in [1.165, 1.54) is 0 Å². The summed E-state index contributed by atoms with van der Waals surface area (Å²) in [6.07, 6.45) is 0. The number of Topliss-reactive ketones (excluding diaryl/α,β-unsaturated/α-hetero) is 1. The number of ketones is 1. The molecule has 21 heavy (non-hydrogen) atoms. The predicted octanol–water partition coefficient (Wildman–Crippen LogP) is 3.84. The molecule has 2 aromatic carbocycles. The van der Waals surface area contributed by atoms with Gasteiger partial charge in [-0.15, -0.1) is 0 Å². The summed E-state index contributed by atoms with van der Waals surface area (Å²) in [7, 11) is 0.